The molecule has 7 nitrogen and oxygen atoms in total. The number of ether oxygens (including phenoxy) is 2. The van der Waals surface area contributed by atoms with Crippen LogP contribution in [0.5, 0.6) is 11.5 Å². The van der Waals surface area contributed by atoms with Crippen LogP contribution in [0, 0.1) is 6.92 Å². The van der Waals surface area contributed by atoms with Crippen LogP contribution in [0.15, 0.2) is 42.5 Å². The largest absolute Gasteiger partial charge is 0.454 e. The van der Waals surface area contributed by atoms with E-state index in [1.54, 1.807) is 18.2 Å². The number of anilines is 1. The fourth-order valence-electron chi connectivity index (χ4n) is 5.16. The summed E-state index contributed by atoms with van der Waals surface area (Å²) in [5, 5.41) is 6.23. The predicted octanol–water partition coefficient (Wildman–Crippen LogP) is 3.48. The van der Waals surface area contributed by atoms with Crippen LogP contribution in [0.1, 0.15) is 48.0 Å². The lowest BCUT2D eigenvalue weighted by Gasteiger charge is -2.48. The minimum absolute atomic E-state index is 0.0219. The Balaban J connectivity index is 1.19. The number of rotatable bonds is 5. The second kappa shape index (κ2) is 8.82. The van der Waals surface area contributed by atoms with E-state index in [-0.39, 0.29) is 24.6 Å². The van der Waals surface area contributed by atoms with Gasteiger partial charge >= 0.3 is 0 Å². The lowest BCUT2D eigenvalue weighted by Crippen LogP contribution is -2.58. The Kier molecular flexibility index (Phi) is 5.74. The third-order valence-electron chi connectivity index (χ3n) is 6.76. The minimum Gasteiger partial charge on any atom is -0.454 e. The Hall–Kier alpha value is -3.06. The van der Waals surface area contributed by atoms with Crippen LogP contribution >= 0.6 is 0 Å². The van der Waals surface area contributed by atoms with Gasteiger partial charge in [-0.15, -0.1) is 0 Å². The molecule has 7 heteroatoms. The van der Waals surface area contributed by atoms with Crippen LogP contribution in [-0.4, -0.2) is 48.2 Å². The Labute approximate surface area is 188 Å². The summed E-state index contributed by atoms with van der Waals surface area (Å²) in [6.07, 6.45) is 5.03. The van der Waals surface area contributed by atoms with E-state index in [2.05, 4.69) is 15.5 Å². The highest BCUT2D eigenvalue weighted by Gasteiger charge is 2.39. The Morgan fingerprint density at radius 3 is 2.47 bits per heavy atom. The van der Waals surface area contributed by atoms with Gasteiger partial charge in [0.15, 0.2) is 11.5 Å². The van der Waals surface area contributed by atoms with Gasteiger partial charge in [0, 0.05) is 29.4 Å². The SMILES string of the molecule is Cc1ccc(NC(=O)CN2C3CCCC2CC(NC(=O)c2ccc4c(c2)OCO4)C3)cc1. The van der Waals surface area contributed by atoms with E-state index in [1.807, 2.05) is 31.2 Å². The molecule has 168 valence electrons. The number of aryl methyl sites for hydroxylation is 1. The number of fused-ring (bicyclic) bond motifs is 3. The third-order valence-corrected chi connectivity index (χ3v) is 6.76. The van der Waals surface area contributed by atoms with Crippen LogP contribution in [-0.2, 0) is 4.79 Å². The maximum absolute atomic E-state index is 12.8. The van der Waals surface area contributed by atoms with Crippen LogP contribution < -0.4 is 20.1 Å². The summed E-state index contributed by atoms with van der Waals surface area (Å²) in [4.78, 5) is 27.9. The van der Waals surface area contributed by atoms with Crippen molar-refractivity contribution < 1.29 is 19.1 Å². The molecule has 0 aliphatic carbocycles. The molecule has 2 amide bonds. The standard InChI is InChI=1S/C25H29N3O4/c1-16-5-8-18(9-6-16)26-24(29)14-28-20-3-2-4-21(28)13-19(12-20)27-25(30)17-7-10-22-23(11-17)32-15-31-22/h5-11,19-21H,2-4,12-15H2,1H3,(H,26,29)(H,27,30). The third kappa shape index (κ3) is 4.43. The molecule has 2 fully saturated rings. The normalized spacial score (nSPS) is 24.1. The molecule has 0 saturated carbocycles. The number of carbonyl (C=O) groups excluding carboxylic acids is 2. The number of nitrogens with one attached hydrogen (secondary N) is 2. The molecule has 0 aromatic heterocycles. The zero-order chi connectivity index (χ0) is 22.1. The fourth-order valence-corrected chi connectivity index (χ4v) is 5.16. The average Bonchev–Trinajstić information content (AvgIpc) is 3.24. The van der Waals surface area contributed by atoms with Crippen molar-refractivity contribution in [1.29, 1.82) is 0 Å². The highest BCUT2D eigenvalue weighted by atomic mass is 16.7. The van der Waals surface area contributed by atoms with Gasteiger partial charge < -0.3 is 20.1 Å². The summed E-state index contributed by atoms with van der Waals surface area (Å²) in [7, 11) is 0. The van der Waals surface area contributed by atoms with Gasteiger partial charge in [-0.1, -0.05) is 24.1 Å². The van der Waals surface area contributed by atoms with Crippen molar-refractivity contribution in [2.24, 2.45) is 0 Å². The van der Waals surface area contributed by atoms with Crippen LogP contribution in [0.4, 0.5) is 5.69 Å². The molecular weight excluding hydrogens is 406 g/mol. The topological polar surface area (TPSA) is 79.9 Å². The summed E-state index contributed by atoms with van der Waals surface area (Å²) in [6.45, 7) is 2.62. The number of benzene rings is 2. The molecule has 0 radical (unpaired) electrons. The molecule has 2 unspecified atom stereocenters. The maximum Gasteiger partial charge on any atom is 0.251 e. The smallest absolute Gasteiger partial charge is 0.251 e. The molecule has 2 atom stereocenters. The predicted molar refractivity (Wildman–Crippen MR) is 121 cm³/mol. The number of piperidine rings is 2. The number of amides is 2. The first kappa shape index (κ1) is 20.8. The van der Waals surface area contributed by atoms with E-state index in [4.69, 9.17) is 9.47 Å². The fraction of sp³-hybridized carbons (Fsp3) is 0.440. The maximum atomic E-state index is 12.8. The van der Waals surface area contributed by atoms with E-state index >= 15 is 0 Å². The van der Waals surface area contributed by atoms with Crippen molar-refractivity contribution in [2.75, 3.05) is 18.7 Å². The highest BCUT2D eigenvalue weighted by Crippen LogP contribution is 2.35. The summed E-state index contributed by atoms with van der Waals surface area (Å²) < 4.78 is 10.7. The van der Waals surface area contributed by atoms with Crippen molar-refractivity contribution in [1.82, 2.24) is 10.2 Å². The number of carbonyl (C=O) groups is 2. The second-order valence-corrected chi connectivity index (χ2v) is 9.03. The monoisotopic (exact) mass is 435 g/mol. The first-order chi connectivity index (χ1) is 15.5. The van der Waals surface area contributed by atoms with Crippen molar-refractivity contribution >= 4 is 17.5 Å². The molecular formula is C25H29N3O4. The molecule has 2 bridgehead atoms. The van der Waals surface area contributed by atoms with Gasteiger partial charge in [0.2, 0.25) is 12.7 Å². The molecule has 5 rings (SSSR count). The van der Waals surface area contributed by atoms with E-state index in [9.17, 15) is 9.59 Å². The zero-order valence-corrected chi connectivity index (χ0v) is 18.3. The molecule has 0 spiro atoms. The van der Waals surface area contributed by atoms with Crippen LogP contribution in [0.3, 0.4) is 0 Å². The summed E-state index contributed by atoms with van der Waals surface area (Å²) in [5.74, 6) is 1.22. The van der Waals surface area contributed by atoms with Crippen molar-refractivity contribution in [3.63, 3.8) is 0 Å². The Morgan fingerprint density at radius 1 is 1.00 bits per heavy atom. The van der Waals surface area contributed by atoms with E-state index < -0.39 is 0 Å². The number of hydrogen-bond donors (Lipinski definition) is 2. The van der Waals surface area contributed by atoms with Gasteiger partial charge in [0.25, 0.3) is 5.91 Å². The Bertz CT molecular complexity index is 993. The molecule has 2 aromatic rings. The molecule has 3 aliphatic heterocycles. The van der Waals surface area contributed by atoms with Crippen LogP contribution in [0.25, 0.3) is 0 Å². The molecule has 2 aromatic carbocycles. The van der Waals surface area contributed by atoms with Gasteiger partial charge in [-0.25, -0.2) is 0 Å². The zero-order valence-electron chi connectivity index (χ0n) is 18.3. The average molecular weight is 436 g/mol. The van der Waals surface area contributed by atoms with Gasteiger partial charge in [0.05, 0.1) is 6.54 Å². The van der Waals surface area contributed by atoms with Crippen molar-refractivity contribution in [2.45, 2.75) is 57.2 Å². The van der Waals surface area contributed by atoms with Gasteiger partial charge in [-0.05, 0) is 62.9 Å². The lowest BCUT2D eigenvalue weighted by atomic mass is 9.81. The van der Waals surface area contributed by atoms with E-state index in [0.29, 0.717) is 35.7 Å². The quantitative estimate of drug-likeness (QED) is 0.752. The van der Waals surface area contributed by atoms with E-state index in [1.165, 1.54) is 12.0 Å². The molecule has 32 heavy (non-hydrogen) atoms. The summed E-state index contributed by atoms with van der Waals surface area (Å²) >= 11 is 0. The van der Waals surface area contributed by atoms with Crippen molar-refractivity contribution in [3.8, 4) is 11.5 Å². The minimum atomic E-state index is -0.0862. The second-order valence-electron chi connectivity index (χ2n) is 9.03. The van der Waals surface area contributed by atoms with Gasteiger partial charge in [0.1, 0.15) is 0 Å². The molecule has 3 heterocycles. The number of hydrogen-bond acceptors (Lipinski definition) is 5. The highest BCUT2D eigenvalue weighted by molar-refractivity contribution is 5.95. The van der Waals surface area contributed by atoms with Crippen LogP contribution in [0.2, 0.25) is 0 Å². The Morgan fingerprint density at radius 2 is 1.72 bits per heavy atom. The lowest BCUT2D eigenvalue weighted by molar-refractivity contribution is -0.120. The first-order valence-electron chi connectivity index (χ1n) is 11.4. The molecule has 2 N–H and O–H groups in total. The van der Waals surface area contributed by atoms with E-state index in [0.717, 1.165) is 31.4 Å². The van der Waals surface area contributed by atoms with Gasteiger partial charge in [-0.3, -0.25) is 14.5 Å². The van der Waals surface area contributed by atoms with Crippen molar-refractivity contribution in [3.05, 3.63) is 53.6 Å². The van der Waals surface area contributed by atoms with Gasteiger partial charge in [-0.2, -0.15) is 0 Å². The molecule has 3 aliphatic rings. The molecule has 2 saturated heterocycles. The number of nitrogens with zero attached hydrogens (tertiary/aromatic N) is 1. The summed E-state index contributed by atoms with van der Waals surface area (Å²) in [5.41, 5.74) is 2.58. The first-order valence-corrected chi connectivity index (χ1v) is 11.4. The summed E-state index contributed by atoms with van der Waals surface area (Å²) in [6, 6.07) is 13.9.